The molecule has 1 heterocycles. The van der Waals surface area contributed by atoms with Crippen LogP contribution in [0.5, 0.6) is 0 Å². The van der Waals surface area contributed by atoms with Gasteiger partial charge in [0.25, 0.3) is 5.24 Å². The maximum Gasteiger partial charge on any atom is 0.339 e. The van der Waals surface area contributed by atoms with Crippen LogP contribution in [0, 0.1) is 0 Å². The Hall–Kier alpha value is -4.13. The average molecular weight is 839 g/mol. The number of alkyl halides is 1. The molecule has 0 aromatic heterocycles. The Labute approximate surface area is 313 Å². The number of esters is 2. The van der Waals surface area contributed by atoms with E-state index in [1.807, 2.05) is 22.6 Å². The lowest BCUT2D eigenvalue weighted by Crippen LogP contribution is -2.60. The van der Waals surface area contributed by atoms with Gasteiger partial charge in [-0.2, -0.15) is 0 Å². The van der Waals surface area contributed by atoms with E-state index in [0.717, 1.165) is 0 Å². The maximum absolute atomic E-state index is 14.3. The van der Waals surface area contributed by atoms with Crippen molar-refractivity contribution in [2.24, 2.45) is 4.99 Å². The van der Waals surface area contributed by atoms with E-state index < -0.39 is 69.4 Å². The Morgan fingerprint density at radius 1 is 0.863 bits per heavy atom. The lowest BCUT2D eigenvalue weighted by molar-refractivity contribution is -0.142. The molecule has 3 rings (SSSR count). The van der Waals surface area contributed by atoms with E-state index in [2.05, 4.69) is 20.9 Å². The summed E-state index contributed by atoms with van der Waals surface area (Å²) in [6, 6.07) is 11.7. The number of nitrogens with zero attached hydrogens (tertiary/aromatic N) is 1. The van der Waals surface area contributed by atoms with Crippen LogP contribution in [0.15, 0.2) is 71.2 Å². The average Bonchev–Trinajstić information content (AvgIpc) is 3.55. The molecule has 14 nitrogen and oxygen atoms in total. The van der Waals surface area contributed by atoms with Gasteiger partial charge < -0.3 is 34.9 Å². The van der Waals surface area contributed by atoms with Gasteiger partial charge in [0, 0.05) is 37.3 Å². The molecule has 1 aliphatic heterocycles. The van der Waals surface area contributed by atoms with Crippen LogP contribution in [0.2, 0.25) is 0 Å². The molecule has 0 fully saturated rings. The third kappa shape index (κ3) is 12.0. The molecule has 2 aromatic rings. The highest BCUT2D eigenvalue weighted by atomic mass is 127. The molecule has 0 saturated heterocycles. The van der Waals surface area contributed by atoms with Crippen molar-refractivity contribution in [3.8, 4) is 0 Å². The van der Waals surface area contributed by atoms with E-state index in [-0.39, 0.29) is 36.2 Å². The van der Waals surface area contributed by atoms with Crippen LogP contribution >= 0.6 is 33.5 Å². The zero-order valence-electron chi connectivity index (χ0n) is 29.0. The number of benzene rings is 2. The van der Waals surface area contributed by atoms with Crippen molar-refractivity contribution in [2.75, 3.05) is 31.9 Å². The minimum Gasteiger partial charge on any atom is -0.461 e. The SMILES string of the molecule is COC[C@H](NC(=O)[C@H](COC)NC(=O)[SH]1C=CN=C1C)C(=O)N[C@@H](Cc1ccccc1)C(=O)[C@@](C)(CI)OC(=O)c1ccccc1COC(C)=O. The van der Waals surface area contributed by atoms with Crippen LogP contribution in [-0.2, 0) is 51.2 Å². The van der Waals surface area contributed by atoms with E-state index in [0.29, 0.717) is 16.2 Å². The highest BCUT2D eigenvalue weighted by Crippen LogP contribution is 2.34. The Bertz CT molecular complexity index is 1640. The Morgan fingerprint density at radius 2 is 1.45 bits per heavy atom. The number of hydrogen-bond acceptors (Lipinski definition) is 11. The van der Waals surface area contributed by atoms with Gasteiger partial charge in [-0.15, -0.1) is 10.9 Å². The molecule has 0 saturated carbocycles. The first-order valence-corrected chi connectivity index (χ1v) is 18.7. The van der Waals surface area contributed by atoms with Crippen molar-refractivity contribution in [3.05, 3.63) is 82.9 Å². The molecule has 5 atom stereocenters. The summed E-state index contributed by atoms with van der Waals surface area (Å²) in [5, 5.41) is 9.89. The summed E-state index contributed by atoms with van der Waals surface area (Å²) < 4.78 is 21.4. The third-order valence-electron chi connectivity index (χ3n) is 7.64. The molecule has 0 radical (unpaired) electrons. The normalized spacial score (nSPS) is 17.1. The second-order valence-corrected chi connectivity index (χ2v) is 14.5. The summed E-state index contributed by atoms with van der Waals surface area (Å²) in [5.41, 5.74) is -0.508. The largest absolute Gasteiger partial charge is 0.461 e. The fraction of sp³-hybridized carbons (Fsp3) is 0.400. The van der Waals surface area contributed by atoms with Crippen LogP contribution in [0.1, 0.15) is 42.3 Å². The summed E-state index contributed by atoms with van der Waals surface area (Å²) in [6.07, 6.45) is 1.57. The highest BCUT2D eigenvalue weighted by molar-refractivity contribution is 14.1. The van der Waals surface area contributed by atoms with E-state index in [1.54, 1.807) is 60.9 Å². The zero-order chi connectivity index (χ0) is 37.6. The number of aliphatic imine (C=N–C) groups is 1. The van der Waals surface area contributed by atoms with Gasteiger partial charge in [0.2, 0.25) is 11.8 Å². The molecule has 0 bridgehead atoms. The van der Waals surface area contributed by atoms with E-state index in [1.165, 1.54) is 40.3 Å². The van der Waals surface area contributed by atoms with Gasteiger partial charge in [-0.1, -0.05) is 71.1 Å². The van der Waals surface area contributed by atoms with Crippen LogP contribution in [0.3, 0.4) is 0 Å². The monoisotopic (exact) mass is 838 g/mol. The van der Waals surface area contributed by atoms with Crippen molar-refractivity contribution >= 4 is 73.3 Å². The fourth-order valence-electron chi connectivity index (χ4n) is 4.91. The van der Waals surface area contributed by atoms with Gasteiger partial charge in [-0.05, 0) is 37.3 Å². The maximum atomic E-state index is 14.3. The molecule has 1 aliphatic rings. The molecule has 3 amide bonds. The molecule has 1 unspecified atom stereocenters. The summed E-state index contributed by atoms with van der Waals surface area (Å²) >= 11 is 1.93. The van der Waals surface area contributed by atoms with Crippen molar-refractivity contribution < 1.29 is 47.7 Å². The van der Waals surface area contributed by atoms with Crippen molar-refractivity contribution in [1.82, 2.24) is 16.0 Å². The van der Waals surface area contributed by atoms with Crippen molar-refractivity contribution in [3.63, 3.8) is 0 Å². The second kappa shape index (κ2) is 20.0. The summed E-state index contributed by atoms with van der Waals surface area (Å²) in [4.78, 5) is 83.4. The first-order valence-electron chi connectivity index (χ1n) is 15.8. The molecule has 51 heavy (non-hydrogen) atoms. The summed E-state index contributed by atoms with van der Waals surface area (Å²) in [7, 11) is 1.34. The van der Waals surface area contributed by atoms with E-state index in [4.69, 9.17) is 18.9 Å². The van der Waals surface area contributed by atoms with Gasteiger partial charge in [-0.25, -0.2) is 4.79 Å². The number of ether oxygens (including phenoxy) is 4. The minimum absolute atomic E-state index is 0.0289. The van der Waals surface area contributed by atoms with Crippen LogP contribution in [0.25, 0.3) is 0 Å². The Morgan fingerprint density at radius 3 is 2.02 bits per heavy atom. The van der Waals surface area contributed by atoms with Gasteiger partial charge in [0.05, 0.1) is 29.9 Å². The predicted molar refractivity (Wildman–Crippen MR) is 201 cm³/mol. The number of ketones is 1. The number of carbonyl (C=O) groups excluding carboxylic acids is 6. The number of halogens is 1. The second-order valence-electron chi connectivity index (χ2n) is 11.6. The standard InChI is InChI=1S/C35H43IN4O10S/c1-22-37-15-16-51(22)34(46)40-29(20-48-5)32(44)39-28(19-47-4)31(43)38-27(17-24-11-7-6-8-12-24)30(42)35(3,21-36)50-33(45)26-14-10-9-13-25(26)18-49-23(2)41/h6-16,27-29,51H,17-21H2,1-5H3,(H,38,43)(H,39,44)(H,40,46)/t27-,28-,29-,35+/m0/s1. The van der Waals surface area contributed by atoms with Crippen LogP contribution < -0.4 is 16.0 Å². The van der Waals surface area contributed by atoms with Gasteiger partial charge in [-0.3, -0.25) is 29.0 Å². The van der Waals surface area contributed by atoms with Gasteiger partial charge >= 0.3 is 11.9 Å². The topological polar surface area (TPSA) is 188 Å². The molecule has 0 spiro atoms. The molecule has 2 aromatic carbocycles. The van der Waals surface area contributed by atoms with Gasteiger partial charge in [0.15, 0.2) is 11.4 Å². The van der Waals surface area contributed by atoms with Crippen LogP contribution in [-0.4, -0.2) is 95.4 Å². The zero-order valence-corrected chi connectivity index (χ0v) is 32.0. The number of rotatable bonds is 18. The smallest absolute Gasteiger partial charge is 0.339 e. The minimum atomic E-state index is -1.72. The number of thiol groups is 1. The quantitative estimate of drug-likeness (QED) is 0.0752. The van der Waals surface area contributed by atoms with E-state index in [9.17, 15) is 28.8 Å². The number of Topliss-reactive ketones (excluding diaryl/α,β-unsaturated/α-hetero) is 1. The Kier molecular flexibility index (Phi) is 16.2. The number of nitrogens with one attached hydrogen (secondary N) is 3. The fourth-order valence-corrected chi connectivity index (χ4v) is 6.77. The molecular formula is C35H43IN4O10S. The summed E-state index contributed by atoms with van der Waals surface area (Å²) in [6.45, 7) is 3.81. The summed E-state index contributed by atoms with van der Waals surface area (Å²) in [5.74, 6) is -3.40. The number of amides is 3. The van der Waals surface area contributed by atoms with Crippen LogP contribution in [0.4, 0.5) is 4.79 Å². The first kappa shape index (κ1) is 41.3. The Balaban J connectivity index is 1.85. The number of hydrogen-bond donors (Lipinski definition) is 4. The molecular weight excluding hydrogens is 795 g/mol. The van der Waals surface area contributed by atoms with E-state index >= 15 is 0 Å². The number of carbonyl (C=O) groups is 6. The predicted octanol–water partition coefficient (Wildman–Crippen LogP) is 3.16. The van der Waals surface area contributed by atoms with Gasteiger partial charge in [0.1, 0.15) is 18.7 Å². The number of methoxy groups -OCH3 is 2. The molecule has 16 heteroatoms. The third-order valence-corrected chi connectivity index (χ3v) is 10.9. The molecule has 3 N–H and O–H groups in total. The van der Waals surface area contributed by atoms with Crippen molar-refractivity contribution in [1.29, 1.82) is 0 Å². The first-order chi connectivity index (χ1) is 24.3. The molecule has 0 aliphatic carbocycles. The molecule has 276 valence electrons. The lowest BCUT2D eigenvalue weighted by Gasteiger charge is -2.32. The van der Waals surface area contributed by atoms with Crippen molar-refractivity contribution in [2.45, 2.75) is 57.5 Å². The highest BCUT2D eigenvalue weighted by Gasteiger charge is 2.42. The lowest BCUT2D eigenvalue weighted by atomic mass is 9.91.